The van der Waals surface area contributed by atoms with Crippen molar-refractivity contribution in [3.05, 3.63) is 27.1 Å². The highest BCUT2D eigenvalue weighted by Crippen LogP contribution is 2.22. The summed E-state index contributed by atoms with van der Waals surface area (Å²) in [7, 11) is 1.14. The van der Waals surface area contributed by atoms with E-state index in [1.807, 2.05) is 22.6 Å². The first-order chi connectivity index (χ1) is 6.56. The molecule has 0 spiro atoms. The van der Waals surface area contributed by atoms with Gasteiger partial charge < -0.3 is 4.74 Å². The Morgan fingerprint density at radius 1 is 1.64 bits per heavy atom. The van der Waals surface area contributed by atoms with E-state index in [1.54, 1.807) is 0 Å². The maximum Gasteiger partial charge on any atom is 0.339 e. The van der Waals surface area contributed by atoms with E-state index in [2.05, 4.69) is 9.72 Å². The molecule has 0 fully saturated rings. The Hall–Kier alpha value is -0.790. The number of aromatic nitrogens is 1. The number of pyridine rings is 1. The summed E-state index contributed by atoms with van der Waals surface area (Å²) in [5.41, 5.74) is -0.730. The van der Waals surface area contributed by atoms with E-state index in [4.69, 9.17) is 0 Å². The standard InChI is InChI=1S/C8H6F2INO2/c1-14-8(13)5-2-4(11)3-12-6(5)7(9)10/h2-3,7H,1H3. The Morgan fingerprint density at radius 3 is 2.79 bits per heavy atom. The van der Waals surface area contributed by atoms with Crippen LogP contribution in [0.25, 0.3) is 0 Å². The number of esters is 1. The molecular weight excluding hydrogens is 307 g/mol. The van der Waals surface area contributed by atoms with Gasteiger partial charge in [-0.15, -0.1) is 0 Å². The highest BCUT2D eigenvalue weighted by Gasteiger charge is 2.20. The van der Waals surface area contributed by atoms with E-state index in [9.17, 15) is 13.6 Å². The number of carbonyl (C=O) groups is 1. The van der Waals surface area contributed by atoms with Gasteiger partial charge in [0.1, 0.15) is 5.69 Å². The third-order valence-corrected chi connectivity index (χ3v) is 2.09. The van der Waals surface area contributed by atoms with E-state index in [1.165, 1.54) is 12.3 Å². The first-order valence-corrected chi connectivity index (χ1v) is 4.66. The number of rotatable bonds is 2. The van der Waals surface area contributed by atoms with Crippen molar-refractivity contribution in [2.75, 3.05) is 7.11 Å². The number of nitrogens with zero attached hydrogens (tertiary/aromatic N) is 1. The Morgan fingerprint density at radius 2 is 2.29 bits per heavy atom. The zero-order chi connectivity index (χ0) is 10.7. The summed E-state index contributed by atoms with van der Waals surface area (Å²) in [5, 5.41) is 0. The number of alkyl halides is 2. The lowest BCUT2D eigenvalue weighted by atomic mass is 10.2. The second kappa shape index (κ2) is 4.63. The summed E-state index contributed by atoms with van der Waals surface area (Å²) in [6, 6.07) is 1.32. The maximum atomic E-state index is 12.4. The predicted octanol–water partition coefficient (Wildman–Crippen LogP) is 2.41. The van der Waals surface area contributed by atoms with Crippen LogP contribution < -0.4 is 0 Å². The minimum atomic E-state index is -2.78. The second-order valence-corrected chi connectivity index (χ2v) is 3.62. The normalized spacial score (nSPS) is 10.4. The lowest BCUT2D eigenvalue weighted by Gasteiger charge is -2.05. The Kier molecular flexibility index (Phi) is 3.73. The number of halogens is 3. The van der Waals surface area contributed by atoms with Gasteiger partial charge in [0.2, 0.25) is 0 Å². The molecule has 3 nitrogen and oxygen atoms in total. The average Bonchev–Trinajstić information content (AvgIpc) is 2.16. The van der Waals surface area contributed by atoms with Crippen LogP contribution in [0.2, 0.25) is 0 Å². The molecule has 0 bridgehead atoms. The highest BCUT2D eigenvalue weighted by atomic mass is 127. The van der Waals surface area contributed by atoms with Crippen molar-refractivity contribution < 1.29 is 18.3 Å². The Bertz CT molecular complexity index is 357. The Labute approximate surface area is 92.6 Å². The van der Waals surface area contributed by atoms with Gasteiger partial charge in [0.15, 0.2) is 0 Å². The van der Waals surface area contributed by atoms with Crippen LogP contribution in [0.1, 0.15) is 22.5 Å². The molecule has 0 N–H and O–H groups in total. The number of ether oxygens (including phenoxy) is 1. The third kappa shape index (κ3) is 2.37. The maximum absolute atomic E-state index is 12.4. The van der Waals surface area contributed by atoms with Gasteiger partial charge in [-0.1, -0.05) is 0 Å². The molecule has 0 aliphatic rings. The smallest absolute Gasteiger partial charge is 0.339 e. The van der Waals surface area contributed by atoms with Crippen LogP contribution in [-0.2, 0) is 4.74 Å². The molecular formula is C8H6F2INO2. The lowest BCUT2D eigenvalue weighted by Crippen LogP contribution is -2.08. The van der Waals surface area contributed by atoms with E-state index in [0.717, 1.165) is 7.11 Å². The average molecular weight is 313 g/mol. The van der Waals surface area contributed by atoms with Crippen molar-refractivity contribution in [2.45, 2.75) is 6.43 Å². The monoisotopic (exact) mass is 313 g/mol. The molecule has 1 aromatic rings. The number of hydrogen-bond donors (Lipinski definition) is 0. The zero-order valence-electron chi connectivity index (χ0n) is 7.13. The van der Waals surface area contributed by atoms with Crippen LogP contribution in [0.15, 0.2) is 12.3 Å². The topological polar surface area (TPSA) is 39.2 Å². The van der Waals surface area contributed by atoms with Crippen molar-refractivity contribution in [1.29, 1.82) is 0 Å². The molecule has 76 valence electrons. The van der Waals surface area contributed by atoms with Gasteiger partial charge >= 0.3 is 5.97 Å². The van der Waals surface area contributed by atoms with Gasteiger partial charge in [-0.2, -0.15) is 0 Å². The third-order valence-electron chi connectivity index (χ3n) is 1.50. The summed E-state index contributed by atoms with van der Waals surface area (Å²) in [5.74, 6) is -0.800. The molecule has 0 unspecified atom stereocenters. The quantitative estimate of drug-likeness (QED) is 0.622. The molecule has 0 radical (unpaired) electrons. The zero-order valence-corrected chi connectivity index (χ0v) is 9.29. The first-order valence-electron chi connectivity index (χ1n) is 3.58. The van der Waals surface area contributed by atoms with E-state index in [-0.39, 0.29) is 5.56 Å². The number of methoxy groups -OCH3 is 1. The van der Waals surface area contributed by atoms with Crippen LogP contribution in [0.4, 0.5) is 8.78 Å². The molecule has 0 aliphatic heterocycles. The summed E-state index contributed by atoms with van der Waals surface area (Å²) >= 11 is 1.88. The Balaban J connectivity index is 3.22. The van der Waals surface area contributed by atoms with Crippen molar-refractivity contribution >= 4 is 28.6 Å². The number of hydrogen-bond acceptors (Lipinski definition) is 3. The molecule has 1 aromatic heterocycles. The molecule has 0 atom stereocenters. The second-order valence-electron chi connectivity index (χ2n) is 2.38. The largest absolute Gasteiger partial charge is 0.465 e. The van der Waals surface area contributed by atoms with Crippen LogP contribution in [0, 0.1) is 3.57 Å². The van der Waals surface area contributed by atoms with Gasteiger partial charge in [-0.05, 0) is 28.7 Å². The minimum Gasteiger partial charge on any atom is -0.465 e. The van der Waals surface area contributed by atoms with Gasteiger partial charge in [0.05, 0.1) is 12.7 Å². The van der Waals surface area contributed by atoms with Gasteiger partial charge in [-0.25, -0.2) is 13.6 Å². The molecule has 0 saturated heterocycles. The van der Waals surface area contributed by atoms with Crippen LogP contribution in [-0.4, -0.2) is 18.1 Å². The molecule has 6 heteroatoms. The van der Waals surface area contributed by atoms with E-state index >= 15 is 0 Å². The molecule has 0 amide bonds. The van der Waals surface area contributed by atoms with Crippen molar-refractivity contribution in [2.24, 2.45) is 0 Å². The summed E-state index contributed by atoms with van der Waals surface area (Å²) in [6.45, 7) is 0. The van der Waals surface area contributed by atoms with Crippen LogP contribution in [0.3, 0.4) is 0 Å². The molecule has 0 saturated carbocycles. The van der Waals surface area contributed by atoms with Crippen LogP contribution >= 0.6 is 22.6 Å². The van der Waals surface area contributed by atoms with Gasteiger partial charge in [0, 0.05) is 9.77 Å². The lowest BCUT2D eigenvalue weighted by molar-refractivity contribution is 0.0587. The van der Waals surface area contributed by atoms with Crippen LogP contribution in [0.5, 0.6) is 0 Å². The SMILES string of the molecule is COC(=O)c1cc(I)cnc1C(F)F. The van der Waals surface area contributed by atoms with E-state index in [0.29, 0.717) is 3.57 Å². The van der Waals surface area contributed by atoms with Crippen molar-refractivity contribution in [1.82, 2.24) is 4.98 Å². The fraction of sp³-hybridized carbons (Fsp3) is 0.250. The summed E-state index contributed by atoms with van der Waals surface area (Å²) in [6.07, 6.45) is -1.50. The van der Waals surface area contributed by atoms with Crippen molar-refractivity contribution in [3.63, 3.8) is 0 Å². The fourth-order valence-electron chi connectivity index (χ4n) is 0.897. The molecule has 1 rings (SSSR count). The molecule has 14 heavy (non-hydrogen) atoms. The first kappa shape index (κ1) is 11.3. The predicted molar refractivity (Wildman–Crippen MR) is 53.3 cm³/mol. The van der Waals surface area contributed by atoms with Gasteiger partial charge in [-0.3, -0.25) is 4.98 Å². The van der Waals surface area contributed by atoms with Crippen molar-refractivity contribution in [3.8, 4) is 0 Å². The molecule has 0 aromatic carbocycles. The summed E-state index contributed by atoms with van der Waals surface area (Å²) < 4.78 is 29.7. The fourth-order valence-corrected chi connectivity index (χ4v) is 1.35. The number of carbonyl (C=O) groups excluding carboxylic acids is 1. The molecule has 1 heterocycles. The van der Waals surface area contributed by atoms with Gasteiger partial charge in [0.25, 0.3) is 6.43 Å². The minimum absolute atomic E-state index is 0.186. The molecule has 0 aliphatic carbocycles. The highest BCUT2D eigenvalue weighted by molar-refractivity contribution is 14.1. The summed E-state index contributed by atoms with van der Waals surface area (Å²) in [4.78, 5) is 14.6. The van der Waals surface area contributed by atoms with E-state index < -0.39 is 18.1 Å².